The summed E-state index contributed by atoms with van der Waals surface area (Å²) in [6.45, 7) is 3.64. The number of carbonyl (C=O) groups excluding carboxylic acids is 1. The van der Waals surface area contributed by atoms with E-state index in [1.165, 1.54) is 28.6 Å². The molecule has 0 bridgehead atoms. The smallest absolute Gasteiger partial charge is 0.230 e. The quantitative estimate of drug-likeness (QED) is 0.508. The van der Waals surface area contributed by atoms with Gasteiger partial charge in [0.1, 0.15) is 11.6 Å². The normalized spacial score (nSPS) is 12.1. The molecular formula is C17H18FN5O2S. The summed E-state index contributed by atoms with van der Waals surface area (Å²) < 4.78 is 19.5. The highest BCUT2D eigenvalue weighted by atomic mass is 32.2. The number of amides is 1. The van der Waals surface area contributed by atoms with Gasteiger partial charge in [-0.2, -0.15) is 0 Å². The van der Waals surface area contributed by atoms with Crippen molar-refractivity contribution in [1.29, 1.82) is 0 Å². The minimum Gasteiger partial charge on any atom is -0.469 e. The summed E-state index contributed by atoms with van der Waals surface area (Å²) in [5.74, 6) is 6.81. The molecule has 1 amide bonds. The van der Waals surface area contributed by atoms with Crippen LogP contribution in [0.4, 0.5) is 4.39 Å². The minimum atomic E-state index is -0.311. The van der Waals surface area contributed by atoms with Crippen molar-refractivity contribution in [2.45, 2.75) is 25.0 Å². The Balaban J connectivity index is 1.59. The molecule has 0 aliphatic carbocycles. The Labute approximate surface area is 153 Å². The molecule has 3 rings (SSSR count). The van der Waals surface area contributed by atoms with Crippen LogP contribution in [0.5, 0.6) is 0 Å². The lowest BCUT2D eigenvalue weighted by molar-refractivity contribution is -0.119. The highest BCUT2D eigenvalue weighted by Crippen LogP contribution is 2.25. The summed E-state index contributed by atoms with van der Waals surface area (Å²) in [5, 5.41) is 11.3. The van der Waals surface area contributed by atoms with Crippen LogP contribution < -0.4 is 11.2 Å². The summed E-state index contributed by atoms with van der Waals surface area (Å²) in [5.41, 5.74) is 1.57. The average molecular weight is 375 g/mol. The largest absolute Gasteiger partial charge is 0.469 e. The van der Waals surface area contributed by atoms with E-state index in [1.807, 2.05) is 6.92 Å². The second kappa shape index (κ2) is 7.61. The van der Waals surface area contributed by atoms with Crippen molar-refractivity contribution in [3.05, 3.63) is 53.7 Å². The van der Waals surface area contributed by atoms with Gasteiger partial charge in [0, 0.05) is 0 Å². The van der Waals surface area contributed by atoms with Crippen LogP contribution in [0, 0.1) is 12.7 Å². The van der Waals surface area contributed by atoms with E-state index < -0.39 is 0 Å². The van der Waals surface area contributed by atoms with E-state index in [1.54, 1.807) is 31.4 Å². The van der Waals surface area contributed by atoms with Gasteiger partial charge in [-0.3, -0.25) is 4.79 Å². The number of nitrogens with one attached hydrogen (secondary N) is 1. The van der Waals surface area contributed by atoms with Crippen molar-refractivity contribution in [2.75, 3.05) is 11.6 Å². The van der Waals surface area contributed by atoms with Crippen molar-refractivity contribution in [3.8, 4) is 11.4 Å². The van der Waals surface area contributed by atoms with Gasteiger partial charge in [0.05, 0.1) is 23.6 Å². The second-order valence-corrected chi connectivity index (χ2v) is 6.64. The fourth-order valence-electron chi connectivity index (χ4n) is 2.42. The van der Waals surface area contributed by atoms with Crippen molar-refractivity contribution in [3.63, 3.8) is 0 Å². The fourth-order valence-corrected chi connectivity index (χ4v) is 3.09. The Kier molecular flexibility index (Phi) is 5.27. The molecule has 3 N–H and O–H groups in total. The van der Waals surface area contributed by atoms with Crippen LogP contribution in [-0.4, -0.2) is 26.5 Å². The van der Waals surface area contributed by atoms with E-state index in [9.17, 15) is 9.18 Å². The number of hydrogen-bond acceptors (Lipinski definition) is 6. The maximum Gasteiger partial charge on any atom is 0.230 e. The van der Waals surface area contributed by atoms with Crippen molar-refractivity contribution in [1.82, 2.24) is 20.2 Å². The van der Waals surface area contributed by atoms with Crippen molar-refractivity contribution >= 4 is 17.7 Å². The molecule has 7 nitrogen and oxygen atoms in total. The third-order valence-corrected chi connectivity index (χ3v) is 4.79. The van der Waals surface area contributed by atoms with Gasteiger partial charge in [-0.25, -0.2) is 9.07 Å². The maximum atomic E-state index is 13.0. The molecule has 1 atom stereocenters. The van der Waals surface area contributed by atoms with Gasteiger partial charge < -0.3 is 15.6 Å². The molecule has 3 aromatic rings. The number of benzene rings is 1. The van der Waals surface area contributed by atoms with Gasteiger partial charge in [-0.1, -0.05) is 23.9 Å². The first-order valence-corrected chi connectivity index (χ1v) is 8.87. The first kappa shape index (κ1) is 18.0. The number of aromatic nitrogens is 3. The van der Waals surface area contributed by atoms with E-state index in [4.69, 9.17) is 10.3 Å². The number of hydrogen-bond donors (Lipinski definition) is 2. The summed E-state index contributed by atoms with van der Waals surface area (Å²) in [4.78, 5) is 12.1. The summed E-state index contributed by atoms with van der Waals surface area (Å²) in [6, 6.07) is 7.54. The molecule has 26 heavy (non-hydrogen) atoms. The Morgan fingerprint density at radius 2 is 2.08 bits per heavy atom. The topological polar surface area (TPSA) is 99.0 Å². The van der Waals surface area contributed by atoms with E-state index in [0.717, 1.165) is 11.1 Å². The lowest BCUT2D eigenvalue weighted by Gasteiger charge is -2.14. The van der Waals surface area contributed by atoms with Gasteiger partial charge in [0.15, 0.2) is 5.82 Å². The number of nitrogens with zero attached hydrogens (tertiary/aromatic N) is 3. The summed E-state index contributed by atoms with van der Waals surface area (Å²) >= 11 is 1.18. The zero-order valence-electron chi connectivity index (χ0n) is 14.3. The highest BCUT2D eigenvalue weighted by Gasteiger charge is 2.17. The van der Waals surface area contributed by atoms with Crippen LogP contribution in [0.25, 0.3) is 11.4 Å². The Morgan fingerprint density at radius 1 is 1.35 bits per heavy atom. The van der Waals surface area contributed by atoms with Crippen LogP contribution in [0.1, 0.15) is 24.3 Å². The lowest BCUT2D eigenvalue weighted by Crippen LogP contribution is -2.28. The Bertz CT molecular complexity index is 906. The number of nitrogens with two attached hydrogens (primary N) is 1. The Hall–Kier alpha value is -2.81. The van der Waals surface area contributed by atoms with E-state index >= 15 is 0 Å². The predicted molar refractivity (Wildman–Crippen MR) is 96.3 cm³/mol. The molecule has 0 fully saturated rings. The number of carbonyl (C=O) groups is 1. The van der Waals surface area contributed by atoms with E-state index in [-0.39, 0.29) is 23.5 Å². The molecule has 1 aromatic carbocycles. The monoisotopic (exact) mass is 375 g/mol. The van der Waals surface area contributed by atoms with Crippen LogP contribution in [0.2, 0.25) is 0 Å². The fraction of sp³-hybridized carbons (Fsp3) is 0.235. The first-order valence-electron chi connectivity index (χ1n) is 7.88. The molecule has 0 aliphatic rings. The third-order valence-electron chi connectivity index (χ3n) is 3.84. The number of thioether (sulfide) groups is 1. The number of rotatable bonds is 6. The SMILES string of the molecule is Cc1occc1-c1nnc(SCC(=O)NC(C)c2ccc(F)cc2)n1N. The molecule has 2 heterocycles. The first-order chi connectivity index (χ1) is 12.5. The molecule has 136 valence electrons. The molecular weight excluding hydrogens is 357 g/mol. The summed E-state index contributed by atoms with van der Waals surface area (Å²) in [6.07, 6.45) is 1.55. The zero-order valence-corrected chi connectivity index (χ0v) is 15.1. The number of aryl methyl sites for hydroxylation is 1. The molecule has 0 saturated carbocycles. The molecule has 0 spiro atoms. The molecule has 0 radical (unpaired) electrons. The van der Waals surface area contributed by atoms with Crippen molar-refractivity contribution < 1.29 is 13.6 Å². The van der Waals surface area contributed by atoms with E-state index in [2.05, 4.69) is 15.5 Å². The van der Waals surface area contributed by atoms with Gasteiger partial charge >= 0.3 is 0 Å². The molecule has 1 unspecified atom stereocenters. The third kappa shape index (κ3) is 3.88. The van der Waals surface area contributed by atoms with Crippen LogP contribution >= 0.6 is 11.8 Å². The second-order valence-electron chi connectivity index (χ2n) is 5.70. The van der Waals surface area contributed by atoms with Crippen LogP contribution in [0.15, 0.2) is 46.2 Å². The highest BCUT2D eigenvalue weighted by molar-refractivity contribution is 7.99. The minimum absolute atomic E-state index is 0.130. The predicted octanol–water partition coefficient (Wildman–Crippen LogP) is 2.67. The standard InChI is InChI=1S/C17H18FN5O2S/c1-10(12-3-5-13(18)6-4-12)20-15(24)9-26-17-22-21-16(23(17)19)14-7-8-25-11(14)2/h3-8,10H,9,19H2,1-2H3,(H,20,24). The zero-order chi connectivity index (χ0) is 18.7. The molecule has 0 aliphatic heterocycles. The van der Waals surface area contributed by atoms with Gasteiger partial charge in [0.25, 0.3) is 0 Å². The number of furan rings is 1. The van der Waals surface area contributed by atoms with Crippen molar-refractivity contribution in [2.24, 2.45) is 0 Å². The number of halogens is 1. The lowest BCUT2D eigenvalue weighted by atomic mass is 10.1. The molecule has 2 aromatic heterocycles. The van der Waals surface area contributed by atoms with Gasteiger partial charge in [-0.15, -0.1) is 10.2 Å². The van der Waals surface area contributed by atoms with Gasteiger partial charge in [-0.05, 0) is 37.6 Å². The van der Waals surface area contributed by atoms with Crippen LogP contribution in [-0.2, 0) is 4.79 Å². The maximum absolute atomic E-state index is 13.0. The average Bonchev–Trinajstić information content (AvgIpc) is 3.19. The Morgan fingerprint density at radius 3 is 2.73 bits per heavy atom. The summed E-state index contributed by atoms with van der Waals surface area (Å²) in [7, 11) is 0. The molecule has 0 saturated heterocycles. The van der Waals surface area contributed by atoms with E-state index in [0.29, 0.717) is 16.7 Å². The van der Waals surface area contributed by atoms with Gasteiger partial charge in [0.2, 0.25) is 11.1 Å². The van der Waals surface area contributed by atoms with Crippen LogP contribution in [0.3, 0.4) is 0 Å². The number of nitrogen functional groups attached to an aromatic ring is 1. The molecule has 9 heteroatoms.